The Labute approximate surface area is 161 Å². The number of amides is 1. The quantitative estimate of drug-likeness (QED) is 0.480. The van der Waals surface area contributed by atoms with Crippen molar-refractivity contribution in [1.29, 1.82) is 0 Å². The van der Waals surface area contributed by atoms with Crippen molar-refractivity contribution >= 4 is 33.0 Å². The van der Waals surface area contributed by atoms with Gasteiger partial charge >= 0.3 is 11.7 Å². The monoisotopic (exact) mass is 411 g/mol. The molecule has 1 fully saturated rings. The summed E-state index contributed by atoms with van der Waals surface area (Å²) < 4.78 is 38.0. The molecule has 28 heavy (non-hydrogen) atoms. The van der Waals surface area contributed by atoms with Crippen LogP contribution in [0.3, 0.4) is 0 Å². The standard InChI is InChI=1S/C17H21N3O7S/c1-26-16(22)11-20-13-6-5-12(10-14(13)27-17(20)23)28(24,25)18-7-3-9-19-8-2-4-15(19)21/h5-6,10,18H,2-4,7-9,11H2,1H3. The molecule has 0 aliphatic carbocycles. The molecule has 0 spiro atoms. The molecule has 1 N–H and O–H groups in total. The molecule has 0 bridgehead atoms. The summed E-state index contributed by atoms with van der Waals surface area (Å²) in [6.07, 6.45) is 1.88. The van der Waals surface area contributed by atoms with Gasteiger partial charge in [-0.25, -0.2) is 17.9 Å². The molecule has 1 amide bonds. The van der Waals surface area contributed by atoms with Crippen LogP contribution in [0.15, 0.2) is 32.3 Å². The number of sulfonamides is 1. The number of oxazole rings is 1. The minimum absolute atomic E-state index is 0.0550. The molecule has 152 valence electrons. The minimum atomic E-state index is -3.81. The van der Waals surface area contributed by atoms with Crippen LogP contribution in [-0.2, 0) is 30.9 Å². The molecule has 2 aromatic rings. The highest BCUT2D eigenvalue weighted by molar-refractivity contribution is 7.89. The lowest BCUT2D eigenvalue weighted by molar-refractivity contribution is -0.141. The number of carbonyl (C=O) groups excluding carboxylic acids is 2. The fraction of sp³-hybridized carbons (Fsp3) is 0.471. The zero-order chi connectivity index (χ0) is 20.3. The predicted molar refractivity (Wildman–Crippen MR) is 98.1 cm³/mol. The largest absolute Gasteiger partial charge is 0.468 e. The lowest BCUT2D eigenvalue weighted by Gasteiger charge is -2.15. The average Bonchev–Trinajstić information content (AvgIpc) is 3.21. The Morgan fingerprint density at radius 3 is 2.79 bits per heavy atom. The number of carbonyl (C=O) groups is 2. The van der Waals surface area contributed by atoms with E-state index < -0.39 is 21.7 Å². The number of methoxy groups -OCH3 is 1. The molecule has 1 saturated heterocycles. The number of rotatable bonds is 8. The number of aromatic nitrogens is 1. The third kappa shape index (κ3) is 4.25. The molecule has 3 rings (SSSR count). The molecule has 11 heteroatoms. The minimum Gasteiger partial charge on any atom is -0.468 e. The topological polar surface area (TPSA) is 128 Å². The van der Waals surface area contributed by atoms with Crippen LogP contribution in [0.5, 0.6) is 0 Å². The summed E-state index contributed by atoms with van der Waals surface area (Å²) in [5.41, 5.74) is 0.348. The van der Waals surface area contributed by atoms with E-state index in [9.17, 15) is 22.8 Å². The fourth-order valence-corrected chi connectivity index (χ4v) is 4.15. The number of ether oxygens (including phenoxy) is 1. The molecule has 1 aliphatic heterocycles. The van der Waals surface area contributed by atoms with Crippen LogP contribution in [0.4, 0.5) is 0 Å². The van der Waals surface area contributed by atoms with Crippen molar-refractivity contribution in [2.24, 2.45) is 0 Å². The van der Waals surface area contributed by atoms with E-state index in [-0.39, 0.29) is 29.5 Å². The Hall–Kier alpha value is -2.66. The number of esters is 1. The number of benzene rings is 1. The maximum absolute atomic E-state index is 12.5. The van der Waals surface area contributed by atoms with Gasteiger partial charge in [-0.15, -0.1) is 0 Å². The fourth-order valence-electron chi connectivity index (χ4n) is 3.06. The highest BCUT2D eigenvalue weighted by atomic mass is 32.2. The molecule has 0 atom stereocenters. The average molecular weight is 411 g/mol. The van der Waals surface area contributed by atoms with E-state index in [4.69, 9.17) is 4.42 Å². The van der Waals surface area contributed by atoms with Gasteiger partial charge in [0.25, 0.3) is 0 Å². The number of fused-ring (bicyclic) bond motifs is 1. The van der Waals surface area contributed by atoms with Crippen molar-refractivity contribution in [3.05, 3.63) is 28.7 Å². The van der Waals surface area contributed by atoms with Crippen LogP contribution >= 0.6 is 0 Å². The first-order valence-electron chi connectivity index (χ1n) is 8.79. The number of nitrogens with zero attached hydrogens (tertiary/aromatic N) is 2. The molecule has 0 unspecified atom stereocenters. The van der Waals surface area contributed by atoms with Crippen LogP contribution in [0.25, 0.3) is 11.1 Å². The van der Waals surface area contributed by atoms with Gasteiger partial charge in [0.2, 0.25) is 15.9 Å². The summed E-state index contributed by atoms with van der Waals surface area (Å²) in [6, 6.07) is 3.97. The van der Waals surface area contributed by atoms with Crippen molar-refractivity contribution in [3.8, 4) is 0 Å². The second kappa shape index (κ2) is 8.15. The van der Waals surface area contributed by atoms with E-state index in [1.54, 1.807) is 4.90 Å². The van der Waals surface area contributed by atoms with Crippen LogP contribution < -0.4 is 10.5 Å². The molecule has 1 aromatic heterocycles. The van der Waals surface area contributed by atoms with Gasteiger partial charge in [0.1, 0.15) is 6.54 Å². The zero-order valence-corrected chi connectivity index (χ0v) is 16.2. The van der Waals surface area contributed by atoms with Crippen LogP contribution in [0.2, 0.25) is 0 Å². The van der Waals surface area contributed by atoms with Gasteiger partial charge in [-0.3, -0.25) is 14.2 Å². The Bertz CT molecular complexity index is 1050. The van der Waals surface area contributed by atoms with E-state index in [0.29, 0.717) is 31.4 Å². The zero-order valence-electron chi connectivity index (χ0n) is 15.3. The molecule has 1 aromatic carbocycles. The van der Waals surface area contributed by atoms with E-state index in [1.165, 1.54) is 25.3 Å². The summed E-state index contributed by atoms with van der Waals surface area (Å²) in [6.45, 7) is 1.06. The molecular weight excluding hydrogens is 390 g/mol. The summed E-state index contributed by atoms with van der Waals surface area (Å²) in [5, 5.41) is 0. The highest BCUT2D eigenvalue weighted by Gasteiger charge is 2.21. The van der Waals surface area contributed by atoms with E-state index in [0.717, 1.165) is 11.0 Å². The predicted octanol–water partition coefficient (Wildman–Crippen LogP) is 0.0583. The van der Waals surface area contributed by atoms with Gasteiger partial charge in [0, 0.05) is 32.1 Å². The molecule has 2 heterocycles. The maximum atomic E-state index is 12.5. The molecule has 10 nitrogen and oxygen atoms in total. The van der Waals surface area contributed by atoms with Crippen molar-refractivity contribution < 1.29 is 27.2 Å². The maximum Gasteiger partial charge on any atom is 0.420 e. The van der Waals surface area contributed by atoms with E-state index in [1.807, 2.05) is 0 Å². The molecule has 1 aliphatic rings. The first-order valence-corrected chi connectivity index (χ1v) is 10.3. The second-order valence-corrected chi connectivity index (χ2v) is 8.16. The molecular formula is C17H21N3O7S. The van der Waals surface area contributed by atoms with Gasteiger partial charge < -0.3 is 14.1 Å². The summed E-state index contributed by atoms with van der Waals surface area (Å²) in [7, 11) is -2.61. The van der Waals surface area contributed by atoms with E-state index >= 15 is 0 Å². The summed E-state index contributed by atoms with van der Waals surface area (Å²) in [4.78, 5) is 36.5. The van der Waals surface area contributed by atoms with E-state index in [2.05, 4.69) is 9.46 Å². The van der Waals surface area contributed by atoms with Crippen molar-refractivity contribution in [2.75, 3.05) is 26.7 Å². The van der Waals surface area contributed by atoms with Crippen LogP contribution in [0.1, 0.15) is 19.3 Å². The smallest absolute Gasteiger partial charge is 0.420 e. The first kappa shape index (κ1) is 20.1. The Kier molecular flexibility index (Phi) is 5.84. The van der Waals surface area contributed by atoms with Gasteiger partial charge in [0.15, 0.2) is 5.58 Å². The van der Waals surface area contributed by atoms with Gasteiger partial charge in [-0.05, 0) is 25.0 Å². The molecule has 0 radical (unpaired) electrons. The van der Waals surface area contributed by atoms with Crippen molar-refractivity contribution in [3.63, 3.8) is 0 Å². The third-order valence-electron chi connectivity index (χ3n) is 4.53. The Morgan fingerprint density at radius 1 is 1.32 bits per heavy atom. The SMILES string of the molecule is COC(=O)Cn1c(=O)oc2cc(S(=O)(=O)NCCCN3CCCC3=O)ccc21. The number of hydrogen-bond acceptors (Lipinski definition) is 7. The van der Waals surface area contributed by atoms with Crippen molar-refractivity contribution in [1.82, 2.24) is 14.2 Å². The lowest BCUT2D eigenvalue weighted by atomic mass is 10.3. The second-order valence-electron chi connectivity index (χ2n) is 6.40. The lowest BCUT2D eigenvalue weighted by Crippen LogP contribution is -2.30. The van der Waals surface area contributed by atoms with Crippen molar-refractivity contribution in [2.45, 2.75) is 30.7 Å². The first-order chi connectivity index (χ1) is 13.3. The summed E-state index contributed by atoms with van der Waals surface area (Å²) in [5.74, 6) is -1.31. The summed E-state index contributed by atoms with van der Waals surface area (Å²) >= 11 is 0. The van der Waals surface area contributed by atoms with Gasteiger partial charge in [-0.1, -0.05) is 0 Å². The Balaban J connectivity index is 1.68. The molecule has 0 saturated carbocycles. The number of hydrogen-bond donors (Lipinski definition) is 1. The van der Waals surface area contributed by atoms with Crippen LogP contribution in [0, 0.1) is 0 Å². The van der Waals surface area contributed by atoms with Gasteiger partial charge in [0.05, 0.1) is 17.5 Å². The number of likely N-dealkylation sites (tertiary alicyclic amines) is 1. The van der Waals surface area contributed by atoms with Gasteiger partial charge in [-0.2, -0.15) is 0 Å². The highest BCUT2D eigenvalue weighted by Crippen LogP contribution is 2.19. The normalized spacial score (nSPS) is 14.8. The third-order valence-corrected chi connectivity index (χ3v) is 5.99. The Morgan fingerprint density at radius 2 is 2.11 bits per heavy atom. The number of nitrogens with one attached hydrogen (secondary N) is 1. The van der Waals surface area contributed by atoms with Crippen LogP contribution in [-0.4, -0.2) is 56.5 Å².